The van der Waals surface area contributed by atoms with E-state index in [1.54, 1.807) is 11.3 Å². The number of thiophene rings is 1. The SMILES string of the molecule is O=C(CC1CC1)NCc1ccc(C#CCO)s1. The normalized spacial score (nSPS) is 13.9. The Labute approximate surface area is 105 Å². The van der Waals surface area contributed by atoms with E-state index in [0.717, 1.165) is 9.75 Å². The van der Waals surface area contributed by atoms with Crippen molar-refractivity contribution < 1.29 is 9.90 Å². The number of hydrogen-bond acceptors (Lipinski definition) is 3. The molecule has 0 unspecified atom stereocenters. The van der Waals surface area contributed by atoms with Gasteiger partial charge in [-0.2, -0.15) is 0 Å². The molecule has 0 aliphatic heterocycles. The van der Waals surface area contributed by atoms with Gasteiger partial charge < -0.3 is 10.4 Å². The zero-order valence-corrected chi connectivity index (χ0v) is 10.3. The molecule has 90 valence electrons. The molecule has 4 heteroatoms. The van der Waals surface area contributed by atoms with E-state index in [-0.39, 0.29) is 12.5 Å². The van der Waals surface area contributed by atoms with Gasteiger partial charge in [0.2, 0.25) is 5.91 Å². The third kappa shape index (κ3) is 4.22. The van der Waals surface area contributed by atoms with Crippen LogP contribution in [-0.2, 0) is 11.3 Å². The van der Waals surface area contributed by atoms with Crippen molar-refractivity contribution in [2.45, 2.75) is 25.8 Å². The van der Waals surface area contributed by atoms with Crippen molar-refractivity contribution in [1.29, 1.82) is 0 Å². The molecule has 0 spiro atoms. The van der Waals surface area contributed by atoms with Crippen LogP contribution in [0.5, 0.6) is 0 Å². The molecule has 0 saturated heterocycles. The molecule has 1 aromatic heterocycles. The van der Waals surface area contributed by atoms with Crippen molar-refractivity contribution in [1.82, 2.24) is 5.32 Å². The maximum atomic E-state index is 11.5. The molecule has 2 N–H and O–H groups in total. The molecule has 3 nitrogen and oxygen atoms in total. The van der Waals surface area contributed by atoms with Crippen LogP contribution in [0.4, 0.5) is 0 Å². The first kappa shape index (κ1) is 12.2. The second-order valence-electron chi connectivity index (χ2n) is 4.15. The van der Waals surface area contributed by atoms with Gasteiger partial charge in [0.15, 0.2) is 0 Å². The van der Waals surface area contributed by atoms with Gasteiger partial charge in [0.1, 0.15) is 6.61 Å². The van der Waals surface area contributed by atoms with Gasteiger partial charge in [-0.25, -0.2) is 0 Å². The lowest BCUT2D eigenvalue weighted by Crippen LogP contribution is -2.22. The van der Waals surface area contributed by atoms with Gasteiger partial charge >= 0.3 is 0 Å². The van der Waals surface area contributed by atoms with E-state index in [1.807, 2.05) is 12.1 Å². The maximum Gasteiger partial charge on any atom is 0.220 e. The van der Waals surface area contributed by atoms with Crippen molar-refractivity contribution in [2.75, 3.05) is 6.61 Å². The molecule has 1 saturated carbocycles. The summed E-state index contributed by atoms with van der Waals surface area (Å²) in [5, 5.41) is 11.5. The summed E-state index contributed by atoms with van der Waals surface area (Å²) in [6.45, 7) is 0.461. The standard InChI is InChI=1S/C13H15NO2S/c15-7-1-2-11-5-6-12(17-11)9-14-13(16)8-10-3-4-10/h5-6,10,15H,3-4,7-9H2,(H,14,16). The van der Waals surface area contributed by atoms with Gasteiger partial charge in [-0.15, -0.1) is 11.3 Å². The summed E-state index contributed by atoms with van der Waals surface area (Å²) in [6, 6.07) is 3.87. The average Bonchev–Trinajstić information content (AvgIpc) is 3.01. The minimum atomic E-state index is -0.120. The van der Waals surface area contributed by atoms with Gasteiger partial charge in [-0.05, 0) is 30.9 Å². The number of aliphatic hydroxyl groups is 1. The third-order valence-corrected chi connectivity index (χ3v) is 3.58. The van der Waals surface area contributed by atoms with Gasteiger partial charge in [0.25, 0.3) is 0 Å². The summed E-state index contributed by atoms with van der Waals surface area (Å²) in [4.78, 5) is 13.5. The lowest BCUT2D eigenvalue weighted by molar-refractivity contribution is -0.121. The van der Waals surface area contributed by atoms with Crippen LogP contribution in [0.15, 0.2) is 12.1 Å². The monoisotopic (exact) mass is 249 g/mol. The van der Waals surface area contributed by atoms with E-state index in [4.69, 9.17) is 5.11 Å². The maximum absolute atomic E-state index is 11.5. The highest BCUT2D eigenvalue weighted by Gasteiger charge is 2.24. The quantitative estimate of drug-likeness (QED) is 0.795. The molecule has 0 aromatic carbocycles. The zero-order valence-electron chi connectivity index (χ0n) is 9.53. The fraction of sp³-hybridized carbons (Fsp3) is 0.462. The minimum Gasteiger partial charge on any atom is -0.384 e. The summed E-state index contributed by atoms with van der Waals surface area (Å²) < 4.78 is 0. The summed E-state index contributed by atoms with van der Waals surface area (Å²) in [7, 11) is 0. The van der Waals surface area contributed by atoms with Crippen LogP contribution in [0, 0.1) is 17.8 Å². The molecule has 17 heavy (non-hydrogen) atoms. The van der Waals surface area contributed by atoms with Crippen LogP contribution in [0.1, 0.15) is 29.0 Å². The number of carbonyl (C=O) groups excluding carboxylic acids is 1. The van der Waals surface area contributed by atoms with Gasteiger partial charge in [0, 0.05) is 11.3 Å². The van der Waals surface area contributed by atoms with Gasteiger partial charge in [0.05, 0.1) is 11.4 Å². The first-order valence-electron chi connectivity index (χ1n) is 5.73. The topological polar surface area (TPSA) is 49.3 Å². The molecule has 1 heterocycles. The summed E-state index contributed by atoms with van der Waals surface area (Å²) in [5.41, 5.74) is 0. The predicted octanol–water partition coefficient (Wildman–Crippen LogP) is 1.51. The fourth-order valence-corrected chi connectivity index (χ4v) is 2.33. The van der Waals surface area contributed by atoms with Crippen LogP contribution in [-0.4, -0.2) is 17.6 Å². The summed E-state index contributed by atoms with van der Waals surface area (Å²) in [5.74, 6) is 6.23. The van der Waals surface area contributed by atoms with E-state index < -0.39 is 0 Å². The molecule has 1 aromatic rings. The molecule has 1 fully saturated rings. The van der Waals surface area contributed by atoms with Crippen molar-refractivity contribution in [3.8, 4) is 11.8 Å². The lowest BCUT2D eigenvalue weighted by atomic mass is 10.3. The number of amides is 1. The largest absolute Gasteiger partial charge is 0.384 e. The molecular weight excluding hydrogens is 234 g/mol. The molecule has 1 amide bonds. The van der Waals surface area contributed by atoms with Crippen molar-refractivity contribution >= 4 is 17.2 Å². The van der Waals surface area contributed by atoms with Crippen molar-refractivity contribution in [3.05, 3.63) is 21.9 Å². The van der Waals surface area contributed by atoms with Crippen molar-refractivity contribution in [3.63, 3.8) is 0 Å². The Bertz CT molecular complexity index is 451. The highest BCUT2D eigenvalue weighted by atomic mass is 32.1. The minimum absolute atomic E-state index is 0.120. The van der Waals surface area contributed by atoms with E-state index in [1.165, 1.54) is 12.8 Å². The second-order valence-corrected chi connectivity index (χ2v) is 5.32. The number of hydrogen-bond donors (Lipinski definition) is 2. The Morgan fingerprint density at radius 3 is 3.06 bits per heavy atom. The summed E-state index contributed by atoms with van der Waals surface area (Å²) in [6.07, 6.45) is 3.07. The molecule has 0 bridgehead atoms. The molecular formula is C13H15NO2S. The molecule has 1 aliphatic carbocycles. The smallest absolute Gasteiger partial charge is 0.220 e. The van der Waals surface area contributed by atoms with Gasteiger partial charge in [-0.1, -0.05) is 11.8 Å². The molecule has 0 radical (unpaired) electrons. The van der Waals surface area contributed by atoms with E-state index in [0.29, 0.717) is 18.9 Å². The highest BCUT2D eigenvalue weighted by molar-refractivity contribution is 7.12. The van der Waals surface area contributed by atoms with Crippen LogP contribution >= 0.6 is 11.3 Å². The number of aliphatic hydroxyl groups excluding tert-OH is 1. The lowest BCUT2D eigenvalue weighted by Gasteiger charge is -2.01. The Hall–Kier alpha value is -1.31. The summed E-state index contributed by atoms with van der Waals surface area (Å²) >= 11 is 1.55. The average molecular weight is 249 g/mol. The van der Waals surface area contributed by atoms with E-state index in [2.05, 4.69) is 17.2 Å². The van der Waals surface area contributed by atoms with Crippen LogP contribution in [0.3, 0.4) is 0 Å². The highest BCUT2D eigenvalue weighted by Crippen LogP contribution is 2.32. The predicted molar refractivity (Wildman–Crippen MR) is 67.5 cm³/mol. The number of rotatable bonds is 4. The second kappa shape index (κ2) is 5.85. The Morgan fingerprint density at radius 1 is 1.53 bits per heavy atom. The number of carbonyl (C=O) groups is 1. The molecule has 2 rings (SSSR count). The Morgan fingerprint density at radius 2 is 2.35 bits per heavy atom. The van der Waals surface area contributed by atoms with E-state index in [9.17, 15) is 4.79 Å². The number of nitrogens with one attached hydrogen (secondary N) is 1. The van der Waals surface area contributed by atoms with Crippen LogP contribution in [0.2, 0.25) is 0 Å². The zero-order chi connectivity index (χ0) is 12.1. The Kier molecular flexibility index (Phi) is 4.18. The molecule has 0 atom stereocenters. The van der Waals surface area contributed by atoms with Gasteiger partial charge in [-0.3, -0.25) is 4.79 Å². The van der Waals surface area contributed by atoms with Crippen molar-refractivity contribution in [2.24, 2.45) is 5.92 Å². The first-order valence-corrected chi connectivity index (χ1v) is 6.54. The molecule has 1 aliphatic rings. The van der Waals surface area contributed by atoms with Crippen LogP contribution < -0.4 is 5.32 Å². The van der Waals surface area contributed by atoms with Crippen LogP contribution in [0.25, 0.3) is 0 Å². The van der Waals surface area contributed by atoms with E-state index >= 15 is 0 Å². The first-order chi connectivity index (χ1) is 8.28. The third-order valence-electron chi connectivity index (χ3n) is 2.58. The fourth-order valence-electron chi connectivity index (χ4n) is 1.51. The Balaban J connectivity index is 1.77.